The van der Waals surface area contributed by atoms with Gasteiger partial charge in [-0.3, -0.25) is 9.59 Å². The quantitative estimate of drug-likeness (QED) is 0.333. The minimum atomic E-state index is -0.655. The van der Waals surface area contributed by atoms with Gasteiger partial charge in [-0.2, -0.15) is 0 Å². The first-order valence-electron chi connectivity index (χ1n) is 12.1. The molecule has 2 amide bonds. The number of rotatable bonds is 10. The summed E-state index contributed by atoms with van der Waals surface area (Å²) in [4.78, 5) is 29.0. The fourth-order valence-corrected chi connectivity index (χ4v) is 5.14. The highest BCUT2D eigenvalue weighted by Gasteiger charge is 2.32. The summed E-state index contributed by atoms with van der Waals surface area (Å²) in [5.74, 6) is 0.786. The van der Waals surface area contributed by atoms with Crippen molar-refractivity contribution in [3.05, 3.63) is 106 Å². The molecule has 0 aliphatic carbocycles. The number of benzene rings is 3. The molecule has 0 aliphatic heterocycles. The molecule has 0 saturated heterocycles. The normalized spacial score (nSPS) is 12.1. The van der Waals surface area contributed by atoms with E-state index in [1.165, 1.54) is 11.1 Å². The Labute approximate surface area is 224 Å². The highest BCUT2D eigenvalue weighted by Crippen LogP contribution is 2.21. The van der Waals surface area contributed by atoms with Gasteiger partial charge in [0.25, 0.3) is 0 Å². The van der Waals surface area contributed by atoms with Crippen molar-refractivity contribution in [3.8, 4) is 0 Å². The molecule has 0 radical (unpaired) electrons. The third-order valence-corrected chi connectivity index (χ3v) is 6.96. The first-order valence-corrected chi connectivity index (χ1v) is 13.7. The molecule has 0 aromatic heterocycles. The summed E-state index contributed by atoms with van der Waals surface area (Å²) in [6.07, 6.45) is 0.428. The average molecular weight is 523 g/mol. The van der Waals surface area contributed by atoms with Crippen LogP contribution in [0.25, 0.3) is 0 Å². The van der Waals surface area contributed by atoms with Gasteiger partial charge in [0.15, 0.2) is 0 Å². The first-order chi connectivity index (χ1) is 17.1. The lowest BCUT2D eigenvalue weighted by Crippen LogP contribution is -2.54. The highest BCUT2D eigenvalue weighted by atomic mass is 35.5. The molecule has 0 bridgehead atoms. The molecule has 0 saturated carbocycles. The van der Waals surface area contributed by atoms with E-state index in [1.807, 2.05) is 87.5 Å². The summed E-state index contributed by atoms with van der Waals surface area (Å²) >= 11 is 7.82. The van der Waals surface area contributed by atoms with Crippen LogP contribution in [-0.2, 0) is 28.3 Å². The van der Waals surface area contributed by atoms with E-state index in [4.69, 9.17) is 11.6 Å². The lowest BCUT2D eigenvalue weighted by Gasteiger charge is -2.34. The van der Waals surface area contributed by atoms with Crippen molar-refractivity contribution in [1.82, 2.24) is 10.2 Å². The largest absolute Gasteiger partial charge is 0.350 e. The molecule has 36 heavy (non-hydrogen) atoms. The summed E-state index contributed by atoms with van der Waals surface area (Å²) in [7, 11) is 0. The molecule has 4 nitrogen and oxygen atoms in total. The van der Waals surface area contributed by atoms with Gasteiger partial charge in [0.05, 0.1) is 5.75 Å². The number of aryl methyl sites for hydroxylation is 1. The van der Waals surface area contributed by atoms with Gasteiger partial charge in [0.2, 0.25) is 11.8 Å². The Kier molecular flexibility index (Phi) is 10.0. The van der Waals surface area contributed by atoms with Gasteiger partial charge in [0, 0.05) is 29.3 Å². The van der Waals surface area contributed by atoms with Crippen LogP contribution in [0, 0.1) is 6.92 Å². The molecule has 0 heterocycles. The van der Waals surface area contributed by atoms with Crippen molar-refractivity contribution in [3.63, 3.8) is 0 Å². The van der Waals surface area contributed by atoms with Crippen molar-refractivity contribution < 1.29 is 9.59 Å². The second-order valence-corrected chi connectivity index (χ2v) is 11.4. The number of hydrogen-bond donors (Lipinski definition) is 1. The van der Waals surface area contributed by atoms with Crippen LogP contribution < -0.4 is 5.32 Å². The average Bonchev–Trinajstić information content (AvgIpc) is 2.82. The van der Waals surface area contributed by atoms with Crippen molar-refractivity contribution in [2.45, 2.75) is 58.0 Å². The molecule has 3 rings (SSSR count). The van der Waals surface area contributed by atoms with Crippen LogP contribution in [0.4, 0.5) is 0 Å². The molecule has 1 N–H and O–H groups in total. The summed E-state index contributed by atoms with van der Waals surface area (Å²) in [6, 6.07) is 24.9. The molecule has 6 heteroatoms. The summed E-state index contributed by atoms with van der Waals surface area (Å²) in [5, 5.41) is 3.70. The standard InChI is InChI=1S/C30H35ClN2O2S/c1-22-11-8-9-15-25(22)20-36-21-28(34)33(19-24-14-10-16-26(31)17-24)27(29(35)32-30(2,3)4)18-23-12-6-5-7-13-23/h5-17,27H,18-21H2,1-4H3,(H,32,35)/t27-/m0/s1. The Morgan fingerprint density at radius 1 is 0.944 bits per heavy atom. The molecule has 190 valence electrons. The van der Waals surface area contributed by atoms with Gasteiger partial charge in [-0.05, 0) is 62.1 Å². The van der Waals surface area contributed by atoms with Gasteiger partial charge in [-0.25, -0.2) is 0 Å². The molecular formula is C30H35ClN2O2S. The summed E-state index contributed by atoms with van der Waals surface area (Å²) in [5.41, 5.74) is 3.89. The fraction of sp³-hybridized carbons (Fsp3) is 0.333. The number of nitrogens with zero attached hydrogens (tertiary/aromatic N) is 1. The van der Waals surface area contributed by atoms with E-state index in [9.17, 15) is 9.59 Å². The van der Waals surface area contributed by atoms with Crippen molar-refractivity contribution in [1.29, 1.82) is 0 Å². The zero-order valence-electron chi connectivity index (χ0n) is 21.5. The summed E-state index contributed by atoms with van der Waals surface area (Å²) in [6.45, 7) is 8.23. The van der Waals surface area contributed by atoms with Crippen molar-refractivity contribution >= 4 is 35.2 Å². The first kappa shape index (κ1) is 27.8. The zero-order valence-corrected chi connectivity index (χ0v) is 23.0. The van der Waals surface area contributed by atoms with Gasteiger partial charge in [-0.1, -0.05) is 78.3 Å². The van der Waals surface area contributed by atoms with Crippen LogP contribution in [0.2, 0.25) is 5.02 Å². The number of amides is 2. The molecule has 3 aromatic rings. The van der Waals surface area contributed by atoms with E-state index >= 15 is 0 Å². The van der Waals surface area contributed by atoms with Crippen LogP contribution in [0.15, 0.2) is 78.9 Å². The maximum Gasteiger partial charge on any atom is 0.243 e. The zero-order chi connectivity index (χ0) is 26.1. The molecule has 0 spiro atoms. The topological polar surface area (TPSA) is 49.4 Å². The molecule has 0 aliphatic rings. The predicted molar refractivity (Wildman–Crippen MR) is 151 cm³/mol. The van der Waals surface area contributed by atoms with Crippen LogP contribution in [-0.4, -0.2) is 34.0 Å². The van der Waals surface area contributed by atoms with E-state index < -0.39 is 11.6 Å². The lowest BCUT2D eigenvalue weighted by molar-refractivity contribution is -0.140. The number of nitrogens with one attached hydrogen (secondary N) is 1. The number of halogens is 1. The molecule has 1 atom stereocenters. The monoisotopic (exact) mass is 522 g/mol. The Hall–Kier alpha value is -2.76. The summed E-state index contributed by atoms with van der Waals surface area (Å²) < 4.78 is 0. The van der Waals surface area contributed by atoms with Crippen LogP contribution in [0.3, 0.4) is 0 Å². The fourth-order valence-electron chi connectivity index (χ4n) is 3.94. The minimum Gasteiger partial charge on any atom is -0.350 e. The van der Waals surface area contributed by atoms with E-state index in [2.05, 4.69) is 24.4 Å². The molecule has 0 fully saturated rings. The predicted octanol–water partition coefficient (Wildman–Crippen LogP) is 6.44. The minimum absolute atomic E-state index is 0.0708. The van der Waals surface area contributed by atoms with Crippen LogP contribution in [0.5, 0.6) is 0 Å². The second-order valence-electron chi connectivity index (χ2n) is 10.0. The molecule has 3 aromatic carbocycles. The van der Waals surface area contributed by atoms with Gasteiger partial charge >= 0.3 is 0 Å². The second kappa shape index (κ2) is 13.0. The Bertz CT molecular complexity index is 1160. The van der Waals surface area contributed by atoms with E-state index in [-0.39, 0.29) is 17.6 Å². The van der Waals surface area contributed by atoms with Crippen molar-refractivity contribution in [2.24, 2.45) is 0 Å². The van der Waals surface area contributed by atoms with Gasteiger partial charge in [-0.15, -0.1) is 11.8 Å². The van der Waals surface area contributed by atoms with Crippen LogP contribution in [0.1, 0.15) is 43.0 Å². The SMILES string of the molecule is Cc1ccccc1CSCC(=O)N(Cc1cccc(Cl)c1)[C@@H](Cc1ccccc1)C(=O)NC(C)(C)C. The van der Waals surface area contributed by atoms with E-state index in [0.717, 1.165) is 16.9 Å². The van der Waals surface area contributed by atoms with E-state index in [0.29, 0.717) is 18.0 Å². The highest BCUT2D eigenvalue weighted by molar-refractivity contribution is 7.99. The lowest BCUT2D eigenvalue weighted by atomic mass is 10.0. The van der Waals surface area contributed by atoms with E-state index in [1.54, 1.807) is 16.7 Å². The smallest absolute Gasteiger partial charge is 0.243 e. The number of hydrogen-bond acceptors (Lipinski definition) is 3. The Balaban J connectivity index is 1.88. The van der Waals surface area contributed by atoms with Gasteiger partial charge in [0.1, 0.15) is 6.04 Å². The van der Waals surface area contributed by atoms with Crippen LogP contribution >= 0.6 is 23.4 Å². The Morgan fingerprint density at radius 3 is 2.28 bits per heavy atom. The third-order valence-electron chi connectivity index (χ3n) is 5.76. The maximum atomic E-state index is 13.7. The number of thioether (sulfide) groups is 1. The maximum absolute atomic E-state index is 13.7. The Morgan fingerprint density at radius 2 is 1.61 bits per heavy atom. The van der Waals surface area contributed by atoms with Gasteiger partial charge < -0.3 is 10.2 Å². The number of carbonyl (C=O) groups is 2. The number of carbonyl (C=O) groups excluding carboxylic acids is 2. The van der Waals surface area contributed by atoms with Crippen molar-refractivity contribution in [2.75, 3.05) is 5.75 Å². The molecule has 0 unspecified atom stereocenters. The molecular weight excluding hydrogens is 488 g/mol. The third kappa shape index (κ3) is 8.72.